The highest BCUT2D eigenvalue weighted by atomic mass is 19.4. The van der Waals surface area contributed by atoms with Gasteiger partial charge in [0.15, 0.2) is 0 Å². The Kier molecular flexibility index (Phi) is 5.51. The van der Waals surface area contributed by atoms with Crippen LogP contribution in [0.1, 0.15) is 29.5 Å². The molecule has 0 saturated carbocycles. The van der Waals surface area contributed by atoms with E-state index in [2.05, 4.69) is 5.32 Å². The quantitative estimate of drug-likeness (QED) is 0.895. The van der Waals surface area contributed by atoms with E-state index in [-0.39, 0.29) is 25.1 Å². The second-order valence-corrected chi connectivity index (χ2v) is 5.93. The SMILES string of the molecule is Cc1cc(C(F)(F)F)ccc1CNC(=O)N1CCC[C@@H](CO)C1. The molecule has 2 rings (SSSR count). The molecule has 0 unspecified atom stereocenters. The van der Waals surface area contributed by atoms with Gasteiger partial charge in [0.2, 0.25) is 0 Å². The Labute approximate surface area is 133 Å². The van der Waals surface area contributed by atoms with Gasteiger partial charge in [0.1, 0.15) is 0 Å². The average Bonchev–Trinajstić information content (AvgIpc) is 2.52. The third kappa shape index (κ3) is 4.60. The number of aryl methyl sites for hydroxylation is 1. The van der Waals surface area contributed by atoms with Gasteiger partial charge in [-0.1, -0.05) is 6.07 Å². The fourth-order valence-corrected chi connectivity index (χ4v) is 2.75. The van der Waals surface area contributed by atoms with E-state index in [0.717, 1.165) is 25.0 Å². The molecule has 1 aliphatic rings. The maximum Gasteiger partial charge on any atom is 0.416 e. The van der Waals surface area contributed by atoms with E-state index in [1.807, 2.05) is 0 Å². The lowest BCUT2D eigenvalue weighted by molar-refractivity contribution is -0.137. The number of benzene rings is 1. The molecule has 0 aliphatic carbocycles. The lowest BCUT2D eigenvalue weighted by Gasteiger charge is -2.31. The molecule has 128 valence electrons. The highest BCUT2D eigenvalue weighted by Crippen LogP contribution is 2.30. The summed E-state index contributed by atoms with van der Waals surface area (Å²) in [5, 5.41) is 11.9. The average molecular weight is 330 g/mol. The monoisotopic (exact) mass is 330 g/mol. The largest absolute Gasteiger partial charge is 0.416 e. The molecule has 0 spiro atoms. The molecule has 1 saturated heterocycles. The molecule has 1 fully saturated rings. The van der Waals surface area contributed by atoms with Crippen LogP contribution in [0.2, 0.25) is 0 Å². The van der Waals surface area contributed by atoms with Crippen LogP contribution in [0.25, 0.3) is 0 Å². The Morgan fingerprint density at radius 3 is 2.78 bits per heavy atom. The number of piperidine rings is 1. The third-order valence-electron chi connectivity index (χ3n) is 4.16. The second kappa shape index (κ2) is 7.21. The summed E-state index contributed by atoms with van der Waals surface area (Å²) < 4.78 is 37.9. The Bertz CT molecular complexity index is 561. The number of halogens is 3. The number of aliphatic hydroxyl groups excluding tert-OH is 1. The summed E-state index contributed by atoms with van der Waals surface area (Å²) in [6.45, 7) is 2.98. The van der Waals surface area contributed by atoms with Crippen LogP contribution in [0.4, 0.5) is 18.0 Å². The number of rotatable bonds is 3. The zero-order chi connectivity index (χ0) is 17.0. The first kappa shape index (κ1) is 17.6. The van der Waals surface area contributed by atoms with Crippen LogP contribution in [0, 0.1) is 12.8 Å². The molecule has 1 heterocycles. The summed E-state index contributed by atoms with van der Waals surface area (Å²) in [5.41, 5.74) is 0.459. The molecular formula is C16H21F3N2O2. The van der Waals surface area contributed by atoms with Crippen LogP contribution >= 0.6 is 0 Å². The van der Waals surface area contributed by atoms with Gasteiger partial charge >= 0.3 is 12.2 Å². The molecule has 7 heteroatoms. The summed E-state index contributed by atoms with van der Waals surface area (Å²) in [6.07, 6.45) is -2.62. The Morgan fingerprint density at radius 1 is 1.43 bits per heavy atom. The van der Waals surface area contributed by atoms with Crippen molar-refractivity contribution < 1.29 is 23.1 Å². The first-order chi connectivity index (χ1) is 10.8. The molecule has 0 aromatic heterocycles. The Morgan fingerprint density at radius 2 is 2.17 bits per heavy atom. The Hall–Kier alpha value is -1.76. The Balaban J connectivity index is 1.94. The van der Waals surface area contributed by atoms with Gasteiger partial charge in [0, 0.05) is 26.2 Å². The van der Waals surface area contributed by atoms with Gasteiger partial charge in [-0.2, -0.15) is 13.2 Å². The normalized spacial score (nSPS) is 18.8. The molecule has 2 amide bonds. The van der Waals surface area contributed by atoms with Crippen molar-refractivity contribution >= 4 is 6.03 Å². The fraction of sp³-hybridized carbons (Fsp3) is 0.562. The molecule has 1 aliphatic heterocycles. The fourth-order valence-electron chi connectivity index (χ4n) is 2.75. The van der Waals surface area contributed by atoms with Crippen molar-refractivity contribution in [3.8, 4) is 0 Å². The first-order valence-corrected chi connectivity index (χ1v) is 7.61. The first-order valence-electron chi connectivity index (χ1n) is 7.61. The van der Waals surface area contributed by atoms with Gasteiger partial charge < -0.3 is 15.3 Å². The number of aliphatic hydroxyl groups is 1. The van der Waals surface area contributed by atoms with E-state index in [4.69, 9.17) is 0 Å². The maximum atomic E-state index is 12.6. The highest BCUT2D eigenvalue weighted by Gasteiger charge is 2.30. The minimum atomic E-state index is -4.36. The number of hydrogen-bond donors (Lipinski definition) is 2. The minimum absolute atomic E-state index is 0.0573. The van der Waals surface area contributed by atoms with Crippen LogP contribution in [0.15, 0.2) is 18.2 Å². The van der Waals surface area contributed by atoms with Gasteiger partial charge in [-0.05, 0) is 48.9 Å². The van der Waals surface area contributed by atoms with Gasteiger partial charge in [0.05, 0.1) is 5.56 Å². The van der Waals surface area contributed by atoms with Crippen LogP contribution in [-0.4, -0.2) is 35.7 Å². The zero-order valence-electron chi connectivity index (χ0n) is 13.0. The number of urea groups is 1. The van der Waals surface area contributed by atoms with Gasteiger partial charge in [-0.15, -0.1) is 0 Å². The molecule has 23 heavy (non-hydrogen) atoms. The predicted molar refractivity (Wildman–Crippen MR) is 79.8 cm³/mol. The third-order valence-corrected chi connectivity index (χ3v) is 4.16. The maximum absolute atomic E-state index is 12.6. The molecule has 1 atom stereocenters. The van der Waals surface area contributed by atoms with Crippen molar-refractivity contribution in [1.82, 2.24) is 10.2 Å². The molecule has 0 bridgehead atoms. The van der Waals surface area contributed by atoms with E-state index in [9.17, 15) is 23.1 Å². The van der Waals surface area contributed by atoms with E-state index < -0.39 is 11.7 Å². The summed E-state index contributed by atoms with van der Waals surface area (Å²) in [7, 11) is 0. The second-order valence-electron chi connectivity index (χ2n) is 5.93. The summed E-state index contributed by atoms with van der Waals surface area (Å²) in [4.78, 5) is 13.8. The lowest BCUT2D eigenvalue weighted by atomic mass is 9.99. The van der Waals surface area contributed by atoms with E-state index >= 15 is 0 Å². The topological polar surface area (TPSA) is 52.6 Å². The van der Waals surface area contributed by atoms with Gasteiger partial charge in [-0.25, -0.2) is 4.79 Å². The number of alkyl halides is 3. The number of nitrogens with one attached hydrogen (secondary N) is 1. The van der Waals surface area contributed by atoms with Crippen LogP contribution in [0.5, 0.6) is 0 Å². The van der Waals surface area contributed by atoms with Crippen molar-refractivity contribution in [3.63, 3.8) is 0 Å². The van der Waals surface area contributed by atoms with Gasteiger partial charge in [0.25, 0.3) is 0 Å². The van der Waals surface area contributed by atoms with Crippen molar-refractivity contribution in [3.05, 3.63) is 34.9 Å². The zero-order valence-corrected chi connectivity index (χ0v) is 13.0. The number of nitrogens with zero attached hydrogens (tertiary/aromatic N) is 1. The lowest BCUT2D eigenvalue weighted by Crippen LogP contribution is -2.46. The van der Waals surface area contributed by atoms with E-state index in [1.54, 1.807) is 11.8 Å². The molecule has 4 nitrogen and oxygen atoms in total. The number of carbonyl (C=O) groups is 1. The minimum Gasteiger partial charge on any atom is -0.396 e. The number of amides is 2. The number of carbonyl (C=O) groups excluding carboxylic acids is 1. The van der Waals surface area contributed by atoms with Gasteiger partial charge in [-0.3, -0.25) is 0 Å². The number of hydrogen-bond acceptors (Lipinski definition) is 2. The predicted octanol–water partition coefficient (Wildman–Crippen LogP) is 2.93. The van der Waals surface area contributed by atoms with E-state index in [1.165, 1.54) is 6.07 Å². The summed E-state index contributed by atoms with van der Waals surface area (Å²) >= 11 is 0. The molecule has 1 aromatic carbocycles. The summed E-state index contributed by atoms with van der Waals surface area (Å²) in [5.74, 6) is 0.0994. The molecule has 1 aromatic rings. The van der Waals surface area contributed by atoms with Crippen molar-refractivity contribution in [1.29, 1.82) is 0 Å². The summed E-state index contributed by atoms with van der Waals surface area (Å²) in [6, 6.07) is 3.26. The van der Waals surface area contributed by atoms with Crippen molar-refractivity contribution in [2.24, 2.45) is 5.92 Å². The van der Waals surface area contributed by atoms with Crippen LogP contribution in [0.3, 0.4) is 0 Å². The van der Waals surface area contributed by atoms with Crippen LogP contribution in [-0.2, 0) is 12.7 Å². The van der Waals surface area contributed by atoms with E-state index in [0.29, 0.717) is 24.2 Å². The number of likely N-dealkylation sites (tertiary alicyclic amines) is 1. The standard InChI is InChI=1S/C16H21F3N2O2/c1-11-7-14(16(17,18)19)5-4-13(11)8-20-15(23)21-6-2-3-12(9-21)10-22/h4-5,7,12,22H,2-3,6,8-10H2,1H3,(H,20,23)/t12-/m1/s1. The van der Waals surface area contributed by atoms with Crippen LogP contribution < -0.4 is 5.32 Å². The molecule has 2 N–H and O–H groups in total. The molecular weight excluding hydrogens is 309 g/mol. The van der Waals surface area contributed by atoms with Crippen molar-refractivity contribution in [2.75, 3.05) is 19.7 Å². The highest BCUT2D eigenvalue weighted by molar-refractivity contribution is 5.74. The van der Waals surface area contributed by atoms with Crippen molar-refractivity contribution in [2.45, 2.75) is 32.5 Å². The smallest absolute Gasteiger partial charge is 0.396 e. The molecule has 0 radical (unpaired) electrons.